The van der Waals surface area contributed by atoms with Gasteiger partial charge in [0.1, 0.15) is 21.3 Å². The van der Waals surface area contributed by atoms with Crippen molar-refractivity contribution in [1.29, 1.82) is 0 Å². The Morgan fingerprint density at radius 2 is 1.41 bits per heavy atom. The van der Waals surface area contributed by atoms with Gasteiger partial charge in [-0.15, -0.1) is 0 Å². The number of hydrogen-bond acceptors (Lipinski definition) is 6. The number of nitrogens with one attached hydrogen (secondary N) is 1. The van der Waals surface area contributed by atoms with Gasteiger partial charge in [-0.1, -0.05) is 24.3 Å². The van der Waals surface area contributed by atoms with Crippen molar-refractivity contribution >= 4 is 20.0 Å². The molecule has 8 nitrogen and oxygen atoms in total. The van der Waals surface area contributed by atoms with E-state index < -0.39 is 20.0 Å². The Morgan fingerprint density at radius 1 is 0.897 bits per heavy atom. The lowest BCUT2D eigenvalue weighted by Crippen LogP contribution is -2.40. The number of para-hydroxylation sites is 2. The molecule has 158 valence electrons. The van der Waals surface area contributed by atoms with Crippen molar-refractivity contribution in [3.8, 4) is 11.5 Å². The predicted molar refractivity (Wildman–Crippen MR) is 108 cm³/mol. The average molecular weight is 441 g/mol. The molecule has 0 aromatic heterocycles. The van der Waals surface area contributed by atoms with Crippen LogP contribution in [-0.4, -0.2) is 54.5 Å². The summed E-state index contributed by atoms with van der Waals surface area (Å²) in [6.07, 6.45) is 1.49. The van der Waals surface area contributed by atoms with Crippen LogP contribution in [0.4, 0.5) is 0 Å². The van der Waals surface area contributed by atoms with Crippen molar-refractivity contribution in [3.05, 3.63) is 48.5 Å². The summed E-state index contributed by atoms with van der Waals surface area (Å²) in [6, 6.07) is 12.5. The molecule has 3 rings (SSSR count). The molecule has 10 heteroatoms. The van der Waals surface area contributed by atoms with Gasteiger partial charge >= 0.3 is 0 Å². The summed E-state index contributed by atoms with van der Waals surface area (Å²) < 4.78 is 65.7. The number of rotatable bonds is 10. The van der Waals surface area contributed by atoms with Gasteiger partial charge in [-0.3, -0.25) is 0 Å². The highest BCUT2D eigenvalue weighted by molar-refractivity contribution is 7.89. The monoisotopic (exact) mass is 440 g/mol. The van der Waals surface area contributed by atoms with Crippen LogP contribution in [0.1, 0.15) is 12.8 Å². The van der Waals surface area contributed by atoms with Crippen LogP contribution in [0.25, 0.3) is 0 Å². The molecule has 0 heterocycles. The van der Waals surface area contributed by atoms with Crippen LogP contribution in [-0.2, 0) is 20.0 Å². The Balaban J connectivity index is 1.77. The maximum absolute atomic E-state index is 13.2. The Hall–Kier alpha value is -2.14. The second kappa shape index (κ2) is 8.70. The summed E-state index contributed by atoms with van der Waals surface area (Å²) in [5.41, 5.74) is 0. The molecule has 1 aliphatic rings. The molecule has 1 saturated carbocycles. The fourth-order valence-corrected chi connectivity index (χ4v) is 6.06. The van der Waals surface area contributed by atoms with Crippen molar-refractivity contribution < 1.29 is 26.3 Å². The first kappa shape index (κ1) is 21.6. The SMILES string of the molecule is COc1ccccc1S(=O)(=O)NCCN(C1CC1)S(=O)(=O)c1ccccc1OC. The molecule has 2 aromatic rings. The van der Waals surface area contributed by atoms with Gasteiger partial charge in [0, 0.05) is 19.1 Å². The molecule has 2 aromatic carbocycles. The molecular formula is C19H24N2O6S2. The molecule has 0 saturated heterocycles. The summed E-state index contributed by atoms with van der Waals surface area (Å²) >= 11 is 0. The Kier molecular flexibility index (Phi) is 6.47. The highest BCUT2D eigenvalue weighted by atomic mass is 32.2. The molecule has 1 aliphatic carbocycles. The van der Waals surface area contributed by atoms with E-state index in [-0.39, 0.29) is 40.4 Å². The molecule has 0 unspecified atom stereocenters. The fourth-order valence-electron chi connectivity index (χ4n) is 3.03. The number of ether oxygens (including phenoxy) is 2. The van der Waals surface area contributed by atoms with E-state index in [9.17, 15) is 16.8 Å². The molecule has 1 N–H and O–H groups in total. The van der Waals surface area contributed by atoms with E-state index in [1.807, 2.05) is 0 Å². The Morgan fingerprint density at radius 3 is 1.97 bits per heavy atom. The van der Waals surface area contributed by atoms with E-state index in [0.29, 0.717) is 0 Å². The van der Waals surface area contributed by atoms with E-state index in [4.69, 9.17) is 9.47 Å². The lowest BCUT2D eigenvalue weighted by atomic mass is 10.3. The molecule has 0 bridgehead atoms. The molecule has 0 aliphatic heterocycles. The van der Waals surface area contributed by atoms with Crippen LogP contribution >= 0.6 is 0 Å². The third-order valence-electron chi connectivity index (χ3n) is 4.59. The van der Waals surface area contributed by atoms with E-state index in [1.165, 1.54) is 30.7 Å². The Bertz CT molecular complexity index is 1070. The topological polar surface area (TPSA) is 102 Å². The zero-order chi connectivity index (χ0) is 21.1. The fraction of sp³-hybridized carbons (Fsp3) is 0.368. The van der Waals surface area contributed by atoms with Crippen molar-refractivity contribution in [2.24, 2.45) is 0 Å². The second-order valence-electron chi connectivity index (χ2n) is 6.55. The van der Waals surface area contributed by atoms with Crippen LogP contribution < -0.4 is 14.2 Å². The van der Waals surface area contributed by atoms with E-state index in [1.54, 1.807) is 36.4 Å². The molecule has 0 spiro atoms. The van der Waals surface area contributed by atoms with E-state index >= 15 is 0 Å². The number of sulfonamides is 2. The third kappa shape index (κ3) is 4.72. The minimum absolute atomic E-state index is 0.00746. The first-order valence-electron chi connectivity index (χ1n) is 9.09. The zero-order valence-electron chi connectivity index (χ0n) is 16.2. The van der Waals surface area contributed by atoms with Gasteiger partial charge in [-0.05, 0) is 37.1 Å². The van der Waals surface area contributed by atoms with Crippen LogP contribution in [0.15, 0.2) is 58.3 Å². The zero-order valence-corrected chi connectivity index (χ0v) is 17.9. The van der Waals surface area contributed by atoms with Crippen molar-refractivity contribution in [1.82, 2.24) is 9.03 Å². The van der Waals surface area contributed by atoms with Gasteiger partial charge < -0.3 is 9.47 Å². The molecule has 1 fully saturated rings. The van der Waals surface area contributed by atoms with Gasteiger partial charge in [0.05, 0.1) is 14.2 Å². The van der Waals surface area contributed by atoms with Gasteiger partial charge in [0.15, 0.2) is 0 Å². The minimum Gasteiger partial charge on any atom is -0.495 e. The summed E-state index contributed by atoms with van der Waals surface area (Å²) in [4.78, 5) is 0.0787. The largest absolute Gasteiger partial charge is 0.495 e. The first-order valence-corrected chi connectivity index (χ1v) is 12.0. The quantitative estimate of drug-likeness (QED) is 0.605. The van der Waals surface area contributed by atoms with E-state index in [0.717, 1.165) is 12.8 Å². The summed E-state index contributed by atoms with van der Waals surface area (Å²) in [6.45, 7) is -0.0509. The highest BCUT2D eigenvalue weighted by Gasteiger charge is 2.39. The standard InChI is InChI=1S/C19H24N2O6S2/c1-26-16-7-3-5-9-18(16)28(22,23)20-13-14-21(15-11-12-15)29(24,25)19-10-6-4-8-17(19)27-2/h3-10,15,20H,11-14H2,1-2H3. The van der Waals surface area contributed by atoms with Crippen molar-refractivity contribution in [2.75, 3.05) is 27.3 Å². The van der Waals surface area contributed by atoms with Gasteiger partial charge in [0.25, 0.3) is 0 Å². The highest BCUT2D eigenvalue weighted by Crippen LogP contribution is 2.34. The maximum Gasteiger partial charge on any atom is 0.247 e. The molecule has 0 radical (unpaired) electrons. The van der Waals surface area contributed by atoms with Crippen LogP contribution in [0.3, 0.4) is 0 Å². The number of benzene rings is 2. The maximum atomic E-state index is 13.2. The van der Waals surface area contributed by atoms with Crippen LogP contribution in [0.5, 0.6) is 11.5 Å². The molecule has 0 amide bonds. The summed E-state index contributed by atoms with van der Waals surface area (Å²) in [5.74, 6) is 0.480. The molecule has 29 heavy (non-hydrogen) atoms. The predicted octanol–water partition coefficient (Wildman–Crippen LogP) is 1.84. The lowest BCUT2D eigenvalue weighted by Gasteiger charge is -2.23. The Labute approximate surface area is 171 Å². The summed E-state index contributed by atoms with van der Waals surface area (Å²) in [5, 5.41) is 0. The second-order valence-corrected chi connectivity index (χ2v) is 10.1. The van der Waals surface area contributed by atoms with Gasteiger partial charge in [-0.25, -0.2) is 21.6 Å². The van der Waals surface area contributed by atoms with E-state index in [2.05, 4.69) is 4.72 Å². The van der Waals surface area contributed by atoms with Crippen LogP contribution in [0.2, 0.25) is 0 Å². The number of methoxy groups -OCH3 is 2. The average Bonchev–Trinajstić information content (AvgIpc) is 3.55. The van der Waals surface area contributed by atoms with Crippen molar-refractivity contribution in [3.63, 3.8) is 0 Å². The smallest absolute Gasteiger partial charge is 0.247 e. The first-order chi connectivity index (χ1) is 13.8. The normalized spacial score (nSPS) is 14.7. The lowest BCUT2D eigenvalue weighted by molar-refractivity contribution is 0.385. The van der Waals surface area contributed by atoms with Gasteiger partial charge in [-0.2, -0.15) is 4.31 Å². The van der Waals surface area contributed by atoms with Crippen molar-refractivity contribution in [2.45, 2.75) is 28.7 Å². The minimum atomic E-state index is -3.85. The molecular weight excluding hydrogens is 416 g/mol. The van der Waals surface area contributed by atoms with Gasteiger partial charge in [0.2, 0.25) is 20.0 Å². The number of nitrogens with zero attached hydrogens (tertiary/aromatic N) is 1. The van der Waals surface area contributed by atoms with Crippen LogP contribution in [0, 0.1) is 0 Å². The molecule has 0 atom stereocenters. The summed E-state index contributed by atoms with van der Waals surface area (Å²) in [7, 11) is -4.87. The third-order valence-corrected chi connectivity index (χ3v) is 8.08. The number of hydrogen-bond donors (Lipinski definition) is 1.